The maximum atomic E-state index is 5.48. The lowest BCUT2D eigenvalue weighted by atomic mass is 10.4. The second-order valence-corrected chi connectivity index (χ2v) is 2.98. The Balaban J connectivity index is 2.49. The standard InChI is InChI=1S/C7H11N7/c1-5-3-6(10-13(5)2)14-7(4-8)9-11-12-14/h3H,4,8H2,1-2H3. The average Bonchev–Trinajstić information content (AvgIpc) is 2.73. The fourth-order valence-corrected chi connectivity index (χ4v) is 1.16. The first kappa shape index (κ1) is 8.82. The fourth-order valence-electron chi connectivity index (χ4n) is 1.16. The summed E-state index contributed by atoms with van der Waals surface area (Å²) in [5.41, 5.74) is 6.52. The molecule has 0 radical (unpaired) electrons. The summed E-state index contributed by atoms with van der Waals surface area (Å²) in [4.78, 5) is 0. The number of aryl methyl sites for hydroxylation is 2. The number of tetrazole rings is 1. The lowest BCUT2D eigenvalue weighted by molar-refractivity contribution is 0.688. The smallest absolute Gasteiger partial charge is 0.179 e. The van der Waals surface area contributed by atoms with Crippen LogP contribution < -0.4 is 5.73 Å². The van der Waals surface area contributed by atoms with Crippen molar-refractivity contribution in [1.82, 2.24) is 30.0 Å². The molecule has 0 bridgehead atoms. The first-order chi connectivity index (χ1) is 6.72. The zero-order chi connectivity index (χ0) is 10.1. The predicted molar refractivity (Wildman–Crippen MR) is 48.5 cm³/mol. The molecule has 7 heteroatoms. The van der Waals surface area contributed by atoms with Crippen LogP contribution in [0.1, 0.15) is 11.5 Å². The predicted octanol–water partition coefficient (Wildman–Crippen LogP) is -0.837. The van der Waals surface area contributed by atoms with Crippen LogP contribution in [0.3, 0.4) is 0 Å². The van der Waals surface area contributed by atoms with E-state index in [9.17, 15) is 0 Å². The van der Waals surface area contributed by atoms with Gasteiger partial charge in [-0.15, -0.1) is 5.10 Å². The molecule has 14 heavy (non-hydrogen) atoms. The monoisotopic (exact) mass is 193 g/mol. The molecule has 74 valence electrons. The summed E-state index contributed by atoms with van der Waals surface area (Å²) in [7, 11) is 1.87. The zero-order valence-electron chi connectivity index (χ0n) is 8.05. The molecule has 7 nitrogen and oxygen atoms in total. The summed E-state index contributed by atoms with van der Waals surface area (Å²) in [6.45, 7) is 2.26. The number of hydrogen-bond donors (Lipinski definition) is 1. The van der Waals surface area contributed by atoms with Crippen molar-refractivity contribution in [1.29, 1.82) is 0 Å². The highest BCUT2D eigenvalue weighted by atomic mass is 15.6. The first-order valence-electron chi connectivity index (χ1n) is 4.20. The van der Waals surface area contributed by atoms with Crippen LogP contribution in [0.15, 0.2) is 6.07 Å². The van der Waals surface area contributed by atoms with Crippen molar-refractivity contribution >= 4 is 0 Å². The van der Waals surface area contributed by atoms with Crippen molar-refractivity contribution in [3.8, 4) is 5.82 Å². The maximum absolute atomic E-state index is 5.48. The molecular weight excluding hydrogens is 182 g/mol. The summed E-state index contributed by atoms with van der Waals surface area (Å²) in [6.07, 6.45) is 0. The van der Waals surface area contributed by atoms with Gasteiger partial charge in [0, 0.05) is 18.8 Å². The van der Waals surface area contributed by atoms with E-state index >= 15 is 0 Å². The van der Waals surface area contributed by atoms with Gasteiger partial charge in [0.05, 0.1) is 6.54 Å². The summed E-state index contributed by atoms with van der Waals surface area (Å²) in [5, 5.41) is 15.4. The van der Waals surface area contributed by atoms with Gasteiger partial charge in [-0.2, -0.15) is 9.78 Å². The Morgan fingerprint density at radius 1 is 1.50 bits per heavy atom. The van der Waals surface area contributed by atoms with Gasteiger partial charge >= 0.3 is 0 Å². The van der Waals surface area contributed by atoms with E-state index in [-0.39, 0.29) is 0 Å². The first-order valence-corrected chi connectivity index (χ1v) is 4.20. The van der Waals surface area contributed by atoms with Gasteiger partial charge in [-0.3, -0.25) is 4.68 Å². The minimum Gasteiger partial charge on any atom is -0.324 e. The molecule has 0 saturated heterocycles. The van der Waals surface area contributed by atoms with E-state index in [4.69, 9.17) is 5.73 Å². The van der Waals surface area contributed by atoms with E-state index in [0.29, 0.717) is 18.2 Å². The molecule has 0 saturated carbocycles. The molecular formula is C7H11N7. The number of aromatic nitrogens is 6. The van der Waals surface area contributed by atoms with Gasteiger partial charge in [0.2, 0.25) is 0 Å². The summed E-state index contributed by atoms with van der Waals surface area (Å²) >= 11 is 0. The van der Waals surface area contributed by atoms with Crippen molar-refractivity contribution < 1.29 is 0 Å². The van der Waals surface area contributed by atoms with Crippen molar-refractivity contribution in [2.75, 3.05) is 0 Å². The highest BCUT2D eigenvalue weighted by molar-refractivity contribution is 5.23. The van der Waals surface area contributed by atoms with E-state index in [0.717, 1.165) is 5.69 Å². The molecule has 2 aromatic heterocycles. The van der Waals surface area contributed by atoms with Gasteiger partial charge < -0.3 is 5.73 Å². The third-order valence-corrected chi connectivity index (χ3v) is 2.03. The van der Waals surface area contributed by atoms with Crippen LogP contribution in [0, 0.1) is 6.92 Å². The molecule has 0 amide bonds. The van der Waals surface area contributed by atoms with Crippen molar-refractivity contribution in [3.05, 3.63) is 17.6 Å². The Kier molecular flexibility index (Phi) is 2.01. The third kappa shape index (κ3) is 1.27. The second kappa shape index (κ2) is 3.18. The van der Waals surface area contributed by atoms with Gasteiger partial charge in [0.25, 0.3) is 0 Å². The molecule has 0 atom stereocenters. The van der Waals surface area contributed by atoms with Crippen molar-refractivity contribution in [3.63, 3.8) is 0 Å². The molecule has 0 aromatic carbocycles. The molecule has 0 aliphatic heterocycles. The number of hydrogen-bond acceptors (Lipinski definition) is 5. The minimum atomic E-state index is 0.294. The van der Waals surface area contributed by atoms with Crippen LogP contribution in [-0.4, -0.2) is 30.0 Å². The molecule has 2 N–H and O–H groups in total. The Hall–Kier alpha value is -1.76. The molecule has 0 aliphatic rings. The summed E-state index contributed by atoms with van der Waals surface area (Å²) < 4.78 is 3.30. The van der Waals surface area contributed by atoms with E-state index in [1.807, 2.05) is 20.0 Å². The normalized spacial score (nSPS) is 10.8. The Labute approximate surface area is 80.5 Å². The van der Waals surface area contributed by atoms with Crippen molar-refractivity contribution in [2.45, 2.75) is 13.5 Å². The van der Waals surface area contributed by atoms with E-state index in [1.165, 1.54) is 4.68 Å². The maximum Gasteiger partial charge on any atom is 0.179 e. The number of nitrogens with two attached hydrogens (primary N) is 1. The zero-order valence-corrected chi connectivity index (χ0v) is 8.05. The summed E-state index contributed by atoms with van der Waals surface area (Å²) in [6, 6.07) is 1.90. The van der Waals surface area contributed by atoms with Crippen LogP contribution in [-0.2, 0) is 13.6 Å². The molecule has 2 heterocycles. The molecule has 0 spiro atoms. The largest absolute Gasteiger partial charge is 0.324 e. The van der Waals surface area contributed by atoms with Gasteiger partial charge in [0.15, 0.2) is 11.6 Å². The number of nitrogens with zero attached hydrogens (tertiary/aromatic N) is 6. The summed E-state index contributed by atoms with van der Waals surface area (Å²) in [5.74, 6) is 1.29. The minimum absolute atomic E-state index is 0.294. The number of rotatable bonds is 2. The van der Waals surface area contributed by atoms with Gasteiger partial charge in [-0.25, -0.2) is 0 Å². The van der Waals surface area contributed by atoms with Gasteiger partial charge in [-0.05, 0) is 17.4 Å². The fraction of sp³-hybridized carbons (Fsp3) is 0.429. The van der Waals surface area contributed by atoms with Crippen LogP contribution in [0.2, 0.25) is 0 Å². The van der Waals surface area contributed by atoms with E-state index in [2.05, 4.69) is 20.6 Å². The molecule has 0 aliphatic carbocycles. The Morgan fingerprint density at radius 2 is 2.29 bits per heavy atom. The Bertz CT molecular complexity index is 421. The van der Waals surface area contributed by atoms with Crippen LogP contribution in [0.25, 0.3) is 5.82 Å². The lowest BCUT2D eigenvalue weighted by Gasteiger charge is -1.96. The molecule has 2 rings (SSSR count). The SMILES string of the molecule is Cc1cc(-n2nnnc2CN)nn1C. The highest BCUT2D eigenvalue weighted by Crippen LogP contribution is 2.07. The molecule has 0 fully saturated rings. The van der Waals surface area contributed by atoms with E-state index in [1.54, 1.807) is 4.68 Å². The third-order valence-electron chi connectivity index (χ3n) is 2.03. The van der Waals surface area contributed by atoms with Crippen LogP contribution >= 0.6 is 0 Å². The molecule has 0 unspecified atom stereocenters. The molecule has 2 aromatic rings. The van der Waals surface area contributed by atoms with E-state index < -0.39 is 0 Å². The quantitative estimate of drug-likeness (QED) is 0.672. The second-order valence-electron chi connectivity index (χ2n) is 2.98. The average molecular weight is 193 g/mol. The van der Waals surface area contributed by atoms with Crippen LogP contribution in [0.4, 0.5) is 0 Å². The van der Waals surface area contributed by atoms with Gasteiger partial charge in [0.1, 0.15) is 0 Å². The van der Waals surface area contributed by atoms with Crippen LogP contribution in [0.5, 0.6) is 0 Å². The topological polar surface area (TPSA) is 87.4 Å². The lowest BCUT2D eigenvalue weighted by Crippen LogP contribution is -2.08. The van der Waals surface area contributed by atoms with Gasteiger partial charge in [-0.1, -0.05) is 0 Å². The van der Waals surface area contributed by atoms with Crippen molar-refractivity contribution in [2.24, 2.45) is 12.8 Å². The Morgan fingerprint density at radius 3 is 2.86 bits per heavy atom. The highest BCUT2D eigenvalue weighted by Gasteiger charge is 2.09.